The molecule has 100 valence electrons. The highest BCUT2D eigenvalue weighted by Crippen LogP contribution is 2.17. The van der Waals surface area contributed by atoms with E-state index < -0.39 is 18.8 Å². The summed E-state index contributed by atoms with van der Waals surface area (Å²) in [6.07, 6.45) is -2.99. The van der Waals surface area contributed by atoms with Crippen molar-refractivity contribution in [1.82, 2.24) is 4.98 Å². The summed E-state index contributed by atoms with van der Waals surface area (Å²) in [7, 11) is 0. The highest BCUT2D eigenvalue weighted by atomic mass is 32.2. The van der Waals surface area contributed by atoms with Crippen LogP contribution in [0.25, 0.3) is 0 Å². The van der Waals surface area contributed by atoms with Gasteiger partial charge in [0.25, 0.3) is 0 Å². The van der Waals surface area contributed by atoms with E-state index in [1.807, 2.05) is 0 Å². The van der Waals surface area contributed by atoms with Crippen molar-refractivity contribution in [2.45, 2.75) is 11.2 Å². The van der Waals surface area contributed by atoms with Gasteiger partial charge in [0.1, 0.15) is 6.61 Å². The number of alkyl halides is 3. The van der Waals surface area contributed by atoms with E-state index in [1.165, 1.54) is 18.3 Å². The van der Waals surface area contributed by atoms with Gasteiger partial charge in [0.2, 0.25) is 0 Å². The Kier molecular flexibility index (Phi) is 5.42. The summed E-state index contributed by atoms with van der Waals surface area (Å²) < 4.78 is 39.6. The summed E-state index contributed by atoms with van der Waals surface area (Å²) in [6, 6.07) is 2.70. The fraction of sp³-hybridized carbons (Fsp3) is 0.400. The van der Waals surface area contributed by atoms with Crippen LogP contribution in [0.1, 0.15) is 10.4 Å². The van der Waals surface area contributed by atoms with Gasteiger partial charge in [-0.2, -0.15) is 13.2 Å². The van der Waals surface area contributed by atoms with Crippen LogP contribution in [0, 0.1) is 0 Å². The molecule has 0 aliphatic heterocycles. The lowest BCUT2D eigenvalue weighted by atomic mass is 10.3. The quantitative estimate of drug-likeness (QED) is 0.641. The van der Waals surface area contributed by atoms with E-state index in [4.69, 9.17) is 5.11 Å². The average molecular weight is 281 g/mol. The first kappa shape index (κ1) is 14.8. The molecule has 1 aromatic rings. The Bertz CT molecular complexity index is 412. The number of aromatic nitrogens is 1. The molecule has 0 fully saturated rings. The maximum Gasteiger partial charge on any atom is 0.411 e. The molecule has 0 atom stereocenters. The molecule has 0 saturated carbocycles. The van der Waals surface area contributed by atoms with Gasteiger partial charge in [-0.3, -0.25) is 0 Å². The number of halogens is 3. The maximum atomic E-state index is 11.7. The molecule has 0 unspecified atom stereocenters. The molecular formula is C10H10F3NO3S. The van der Waals surface area contributed by atoms with E-state index in [9.17, 15) is 18.0 Å². The van der Waals surface area contributed by atoms with Crippen molar-refractivity contribution in [1.29, 1.82) is 0 Å². The Morgan fingerprint density at radius 2 is 2.22 bits per heavy atom. The third-order valence-corrected chi connectivity index (χ3v) is 2.61. The number of hydrogen-bond acceptors (Lipinski definition) is 4. The summed E-state index contributed by atoms with van der Waals surface area (Å²) in [5, 5.41) is 9.16. The number of aromatic carboxylic acids is 1. The Morgan fingerprint density at radius 3 is 2.83 bits per heavy atom. The standard InChI is InChI=1S/C10H10F3NO3S/c11-10(12,13)6-17-3-4-18-8-5-7(9(15)16)1-2-14-8/h1-2,5H,3-4,6H2,(H,15,16). The van der Waals surface area contributed by atoms with E-state index in [-0.39, 0.29) is 17.9 Å². The van der Waals surface area contributed by atoms with E-state index in [2.05, 4.69) is 9.72 Å². The van der Waals surface area contributed by atoms with Crippen molar-refractivity contribution in [3.63, 3.8) is 0 Å². The van der Waals surface area contributed by atoms with Crippen molar-refractivity contribution < 1.29 is 27.8 Å². The largest absolute Gasteiger partial charge is 0.478 e. The Labute approximate surface area is 105 Å². The summed E-state index contributed by atoms with van der Waals surface area (Å²) in [4.78, 5) is 14.5. The molecule has 1 N–H and O–H groups in total. The number of thioether (sulfide) groups is 1. The van der Waals surface area contributed by atoms with Crippen molar-refractivity contribution in [2.24, 2.45) is 0 Å². The number of nitrogens with zero attached hydrogens (tertiary/aromatic N) is 1. The number of pyridine rings is 1. The molecule has 0 aliphatic carbocycles. The molecule has 8 heteroatoms. The first-order valence-electron chi connectivity index (χ1n) is 4.85. The molecule has 0 saturated heterocycles. The Hall–Kier alpha value is -1.28. The van der Waals surface area contributed by atoms with Gasteiger partial charge in [0, 0.05) is 11.9 Å². The van der Waals surface area contributed by atoms with E-state index in [0.29, 0.717) is 5.03 Å². The van der Waals surface area contributed by atoms with Crippen LogP contribution in [-0.2, 0) is 4.74 Å². The van der Waals surface area contributed by atoms with Crippen LogP contribution in [0.2, 0.25) is 0 Å². The average Bonchev–Trinajstić information content (AvgIpc) is 2.27. The minimum atomic E-state index is -4.33. The molecular weight excluding hydrogens is 271 g/mol. The molecule has 0 aromatic carbocycles. The number of carboxylic acids is 1. The molecule has 1 rings (SSSR count). The van der Waals surface area contributed by atoms with Gasteiger partial charge in [0.05, 0.1) is 17.2 Å². The summed E-state index contributed by atoms with van der Waals surface area (Å²) in [6.45, 7) is -1.36. The molecule has 0 aliphatic rings. The maximum absolute atomic E-state index is 11.7. The van der Waals surface area contributed by atoms with Crippen molar-refractivity contribution in [3.8, 4) is 0 Å². The minimum Gasteiger partial charge on any atom is -0.478 e. The molecule has 1 aromatic heterocycles. The fourth-order valence-electron chi connectivity index (χ4n) is 1.01. The lowest BCUT2D eigenvalue weighted by Crippen LogP contribution is -2.17. The molecule has 0 spiro atoms. The highest BCUT2D eigenvalue weighted by molar-refractivity contribution is 7.99. The van der Waals surface area contributed by atoms with Gasteiger partial charge in [-0.25, -0.2) is 9.78 Å². The molecule has 0 radical (unpaired) electrons. The number of carboxylic acid groups (broad SMARTS) is 1. The summed E-state index contributed by atoms with van der Waals surface area (Å²) in [5.74, 6) is -0.806. The number of ether oxygens (including phenoxy) is 1. The van der Waals surface area contributed by atoms with Gasteiger partial charge < -0.3 is 9.84 Å². The Balaban J connectivity index is 2.31. The first-order chi connectivity index (χ1) is 8.38. The van der Waals surface area contributed by atoms with Gasteiger partial charge in [-0.15, -0.1) is 11.8 Å². The predicted molar refractivity (Wildman–Crippen MR) is 58.8 cm³/mol. The van der Waals surface area contributed by atoms with E-state index >= 15 is 0 Å². The van der Waals surface area contributed by atoms with Crippen LogP contribution in [0.15, 0.2) is 23.4 Å². The highest BCUT2D eigenvalue weighted by Gasteiger charge is 2.27. The van der Waals surface area contributed by atoms with Crippen molar-refractivity contribution in [3.05, 3.63) is 23.9 Å². The zero-order valence-electron chi connectivity index (χ0n) is 9.11. The lowest BCUT2D eigenvalue weighted by Gasteiger charge is -2.07. The zero-order chi connectivity index (χ0) is 13.6. The predicted octanol–water partition coefficient (Wildman–Crippen LogP) is 2.45. The smallest absolute Gasteiger partial charge is 0.411 e. The third-order valence-electron chi connectivity index (χ3n) is 1.73. The van der Waals surface area contributed by atoms with Crippen LogP contribution >= 0.6 is 11.8 Å². The normalized spacial score (nSPS) is 11.5. The monoisotopic (exact) mass is 281 g/mol. The molecule has 1 heterocycles. The topological polar surface area (TPSA) is 59.4 Å². The number of rotatable bonds is 6. The van der Waals surface area contributed by atoms with Gasteiger partial charge in [-0.1, -0.05) is 0 Å². The third kappa shape index (κ3) is 5.87. The first-order valence-corrected chi connectivity index (χ1v) is 5.84. The number of carbonyl (C=O) groups is 1. The summed E-state index contributed by atoms with van der Waals surface area (Å²) in [5.41, 5.74) is 0.0868. The lowest BCUT2D eigenvalue weighted by molar-refractivity contribution is -0.172. The van der Waals surface area contributed by atoms with Gasteiger partial charge >= 0.3 is 12.1 Å². The zero-order valence-corrected chi connectivity index (χ0v) is 9.92. The fourth-order valence-corrected chi connectivity index (χ4v) is 1.77. The summed E-state index contributed by atoms with van der Waals surface area (Å²) >= 11 is 1.14. The van der Waals surface area contributed by atoms with E-state index in [1.54, 1.807) is 0 Å². The molecule has 18 heavy (non-hydrogen) atoms. The van der Waals surface area contributed by atoms with Gasteiger partial charge in [0.15, 0.2) is 0 Å². The van der Waals surface area contributed by atoms with E-state index in [0.717, 1.165) is 11.8 Å². The molecule has 4 nitrogen and oxygen atoms in total. The van der Waals surface area contributed by atoms with Crippen LogP contribution in [0.3, 0.4) is 0 Å². The second-order valence-electron chi connectivity index (χ2n) is 3.20. The van der Waals surface area contributed by atoms with Crippen LogP contribution in [-0.4, -0.2) is 41.2 Å². The van der Waals surface area contributed by atoms with Crippen LogP contribution in [0.5, 0.6) is 0 Å². The van der Waals surface area contributed by atoms with Crippen LogP contribution in [0.4, 0.5) is 13.2 Å². The molecule has 0 bridgehead atoms. The molecule has 0 amide bonds. The second kappa shape index (κ2) is 6.60. The van der Waals surface area contributed by atoms with Crippen molar-refractivity contribution in [2.75, 3.05) is 19.0 Å². The number of hydrogen-bond donors (Lipinski definition) is 1. The van der Waals surface area contributed by atoms with Crippen LogP contribution < -0.4 is 0 Å². The SMILES string of the molecule is O=C(O)c1ccnc(SCCOCC(F)(F)F)c1. The van der Waals surface area contributed by atoms with Gasteiger partial charge in [-0.05, 0) is 12.1 Å². The minimum absolute atomic E-state index is 0.0802. The van der Waals surface area contributed by atoms with Crippen molar-refractivity contribution >= 4 is 17.7 Å². The Morgan fingerprint density at radius 1 is 1.50 bits per heavy atom. The second-order valence-corrected chi connectivity index (χ2v) is 4.32.